The van der Waals surface area contributed by atoms with Crippen LogP contribution in [0.2, 0.25) is 0 Å². The Kier molecular flexibility index (Phi) is 7.10. The summed E-state index contributed by atoms with van der Waals surface area (Å²) in [5.41, 5.74) is 10.2. The third-order valence-corrected chi connectivity index (χ3v) is 9.93. The van der Waals surface area contributed by atoms with Crippen molar-refractivity contribution in [2.75, 3.05) is 4.90 Å². The Hall–Kier alpha value is -7.04. The third kappa shape index (κ3) is 4.84. The Morgan fingerprint density at radius 2 is 1.06 bits per heavy atom. The van der Waals surface area contributed by atoms with Crippen LogP contribution in [0.1, 0.15) is 0 Å². The maximum atomic E-state index is 5.72. The van der Waals surface area contributed by atoms with Crippen LogP contribution < -0.4 is 4.90 Å². The number of benzene rings is 8. The van der Waals surface area contributed by atoms with Crippen LogP contribution in [0, 0.1) is 0 Å². The van der Waals surface area contributed by atoms with Gasteiger partial charge >= 0.3 is 0 Å². The summed E-state index contributed by atoms with van der Waals surface area (Å²) in [7, 11) is 0. The standard InChI is InChI=1S/C48H32N4/c1-5-18-33(19-6-1)46-45-40(48-49-41-29-15-16-30-42(41)52(48)37-25-11-4-12-26-37)32-34-20-13-14-27-38(34)44(45)39-28-17-31-43(47(39)50-46)51(35-21-7-2-8-22-35)36-23-9-3-10-24-36/h1-32H. The predicted octanol–water partition coefficient (Wildman–Crippen LogP) is 12.7. The van der Waals surface area contributed by atoms with Gasteiger partial charge in [-0.25, -0.2) is 9.97 Å². The minimum atomic E-state index is 0.882. The average Bonchev–Trinajstić information content (AvgIpc) is 3.61. The second-order valence-electron chi connectivity index (χ2n) is 13.0. The molecule has 0 aliphatic rings. The summed E-state index contributed by atoms with van der Waals surface area (Å²) >= 11 is 0. The normalized spacial score (nSPS) is 11.5. The van der Waals surface area contributed by atoms with Gasteiger partial charge in [0.25, 0.3) is 0 Å². The van der Waals surface area contributed by atoms with Gasteiger partial charge in [0.1, 0.15) is 5.82 Å². The molecule has 244 valence electrons. The van der Waals surface area contributed by atoms with Crippen molar-refractivity contribution in [2.24, 2.45) is 0 Å². The summed E-state index contributed by atoms with van der Waals surface area (Å²) < 4.78 is 2.29. The number of anilines is 3. The van der Waals surface area contributed by atoms with Crippen LogP contribution in [0.25, 0.3) is 71.8 Å². The van der Waals surface area contributed by atoms with Crippen molar-refractivity contribution in [2.45, 2.75) is 0 Å². The molecule has 10 rings (SSSR count). The summed E-state index contributed by atoms with van der Waals surface area (Å²) in [4.78, 5) is 13.4. The van der Waals surface area contributed by atoms with Crippen LogP contribution in [-0.4, -0.2) is 14.5 Å². The van der Waals surface area contributed by atoms with Gasteiger partial charge < -0.3 is 4.90 Å². The summed E-state index contributed by atoms with van der Waals surface area (Å²) in [5.74, 6) is 0.882. The van der Waals surface area contributed by atoms with E-state index in [4.69, 9.17) is 9.97 Å². The predicted molar refractivity (Wildman–Crippen MR) is 217 cm³/mol. The van der Waals surface area contributed by atoms with Crippen LogP contribution in [0.5, 0.6) is 0 Å². The molecule has 0 N–H and O–H groups in total. The Balaban J connectivity index is 1.40. The Labute approximate surface area is 301 Å². The van der Waals surface area contributed by atoms with Crippen LogP contribution in [0.4, 0.5) is 17.1 Å². The number of pyridine rings is 1. The van der Waals surface area contributed by atoms with Gasteiger partial charge in [0, 0.05) is 44.3 Å². The molecule has 0 bridgehead atoms. The van der Waals surface area contributed by atoms with E-state index < -0.39 is 0 Å². The number of imidazole rings is 1. The van der Waals surface area contributed by atoms with E-state index in [9.17, 15) is 0 Å². The van der Waals surface area contributed by atoms with Gasteiger partial charge in [-0.3, -0.25) is 4.57 Å². The van der Waals surface area contributed by atoms with Crippen molar-refractivity contribution in [3.8, 4) is 28.3 Å². The van der Waals surface area contributed by atoms with Crippen LogP contribution in [0.3, 0.4) is 0 Å². The van der Waals surface area contributed by atoms with E-state index in [2.05, 4.69) is 204 Å². The number of aromatic nitrogens is 3. The fourth-order valence-electron chi connectivity index (χ4n) is 7.68. The lowest BCUT2D eigenvalue weighted by Crippen LogP contribution is -2.11. The number of hydrogen-bond donors (Lipinski definition) is 0. The monoisotopic (exact) mass is 664 g/mol. The molecule has 8 aromatic carbocycles. The van der Waals surface area contributed by atoms with Gasteiger partial charge in [0.2, 0.25) is 0 Å². The number of nitrogens with zero attached hydrogens (tertiary/aromatic N) is 4. The van der Waals surface area contributed by atoms with Gasteiger partial charge in [-0.1, -0.05) is 133 Å². The fourth-order valence-corrected chi connectivity index (χ4v) is 7.68. The molecule has 0 saturated carbocycles. The van der Waals surface area contributed by atoms with Crippen LogP contribution in [0.15, 0.2) is 194 Å². The zero-order valence-electron chi connectivity index (χ0n) is 28.3. The molecule has 2 aromatic heterocycles. The lowest BCUT2D eigenvalue weighted by atomic mass is 9.90. The molecule has 52 heavy (non-hydrogen) atoms. The molecule has 4 nitrogen and oxygen atoms in total. The zero-order valence-corrected chi connectivity index (χ0v) is 28.3. The second kappa shape index (κ2) is 12.4. The first-order valence-corrected chi connectivity index (χ1v) is 17.6. The smallest absolute Gasteiger partial charge is 0.146 e. The number of para-hydroxylation sites is 6. The molecule has 0 aliphatic heterocycles. The first-order valence-electron chi connectivity index (χ1n) is 17.6. The molecule has 0 amide bonds. The highest BCUT2D eigenvalue weighted by Crippen LogP contribution is 2.47. The molecular formula is C48H32N4. The highest BCUT2D eigenvalue weighted by molar-refractivity contribution is 6.27. The summed E-state index contributed by atoms with van der Waals surface area (Å²) in [6.07, 6.45) is 0. The highest BCUT2D eigenvalue weighted by atomic mass is 15.1. The molecule has 4 heteroatoms. The van der Waals surface area contributed by atoms with Crippen molar-refractivity contribution >= 4 is 60.5 Å². The lowest BCUT2D eigenvalue weighted by Gasteiger charge is -2.27. The molecule has 10 aromatic rings. The minimum absolute atomic E-state index is 0.882. The van der Waals surface area contributed by atoms with E-state index in [0.717, 1.165) is 83.5 Å². The van der Waals surface area contributed by atoms with Gasteiger partial charge in [0.15, 0.2) is 0 Å². The first kappa shape index (κ1) is 29.8. The van der Waals surface area contributed by atoms with E-state index >= 15 is 0 Å². The number of fused-ring (bicyclic) bond motifs is 6. The molecule has 0 fully saturated rings. The van der Waals surface area contributed by atoms with E-state index in [1.807, 2.05) is 0 Å². The number of hydrogen-bond acceptors (Lipinski definition) is 3. The molecule has 0 saturated heterocycles. The zero-order chi connectivity index (χ0) is 34.4. The van der Waals surface area contributed by atoms with Crippen molar-refractivity contribution in [3.63, 3.8) is 0 Å². The van der Waals surface area contributed by atoms with Gasteiger partial charge in [-0.05, 0) is 71.4 Å². The van der Waals surface area contributed by atoms with Crippen molar-refractivity contribution < 1.29 is 0 Å². The quantitative estimate of drug-likeness (QED) is 0.166. The molecule has 2 heterocycles. The minimum Gasteiger partial charge on any atom is -0.308 e. The number of rotatable bonds is 6. The molecule has 0 atom stereocenters. The Morgan fingerprint density at radius 3 is 1.79 bits per heavy atom. The summed E-state index contributed by atoms with van der Waals surface area (Å²) in [5, 5.41) is 5.65. The molecular weight excluding hydrogens is 633 g/mol. The largest absolute Gasteiger partial charge is 0.308 e. The highest BCUT2D eigenvalue weighted by Gasteiger charge is 2.25. The summed E-state index contributed by atoms with van der Waals surface area (Å²) in [6, 6.07) is 68.3. The average molecular weight is 665 g/mol. The van der Waals surface area contributed by atoms with E-state index in [1.165, 1.54) is 5.39 Å². The molecule has 0 unspecified atom stereocenters. The van der Waals surface area contributed by atoms with Gasteiger partial charge in [-0.15, -0.1) is 0 Å². The molecule has 0 spiro atoms. The Morgan fingerprint density at radius 1 is 0.462 bits per heavy atom. The summed E-state index contributed by atoms with van der Waals surface area (Å²) in [6.45, 7) is 0. The first-order chi connectivity index (χ1) is 25.8. The SMILES string of the molecule is c1ccc(-c2nc3c(N(c4ccccc4)c4ccccc4)cccc3c3c2c(-c2nc4ccccc4n2-c2ccccc2)cc2ccccc23)cc1. The third-order valence-electron chi connectivity index (χ3n) is 9.93. The van der Waals surface area contributed by atoms with Crippen LogP contribution >= 0.6 is 0 Å². The van der Waals surface area contributed by atoms with Gasteiger partial charge in [0.05, 0.1) is 27.9 Å². The molecule has 0 radical (unpaired) electrons. The van der Waals surface area contributed by atoms with E-state index in [1.54, 1.807) is 0 Å². The van der Waals surface area contributed by atoms with E-state index in [-0.39, 0.29) is 0 Å². The van der Waals surface area contributed by atoms with E-state index in [0.29, 0.717) is 0 Å². The Bertz CT molecular complexity index is 2840. The lowest BCUT2D eigenvalue weighted by molar-refractivity contribution is 1.11. The topological polar surface area (TPSA) is 34.0 Å². The van der Waals surface area contributed by atoms with Crippen molar-refractivity contribution in [1.82, 2.24) is 14.5 Å². The van der Waals surface area contributed by atoms with Gasteiger partial charge in [-0.2, -0.15) is 0 Å². The van der Waals surface area contributed by atoms with Crippen molar-refractivity contribution in [1.29, 1.82) is 0 Å². The maximum absolute atomic E-state index is 5.72. The maximum Gasteiger partial charge on any atom is 0.146 e. The van der Waals surface area contributed by atoms with Crippen LogP contribution in [-0.2, 0) is 0 Å². The van der Waals surface area contributed by atoms with Crippen molar-refractivity contribution in [3.05, 3.63) is 194 Å². The fraction of sp³-hybridized carbons (Fsp3) is 0. The second-order valence-corrected chi connectivity index (χ2v) is 13.0. The molecule has 0 aliphatic carbocycles.